The van der Waals surface area contributed by atoms with Crippen LogP contribution in [0.4, 0.5) is 0 Å². The standard InChI is InChI=1S/C27H61N3O2Si/c1-10-17-28(18-11-2)24-27(16-23-33(9,31-7)32-8,25-29(19-12-3)20-13-4)26-30(21-14-5)22-15-6/h10-26H2,1-9H3. The molecule has 0 fully saturated rings. The zero-order chi connectivity index (χ0) is 25.2. The van der Waals surface area contributed by atoms with E-state index in [2.05, 4.69) is 62.8 Å². The molecule has 0 aliphatic heterocycles. The van der Waals surface area contributed by atoms with Crippen LogP contribution in [-0.4, -0.2) is 96.4 Å². The Labute approximate surface area is 209 Å². The van der Waals surface area contributed by atoms with Gasteiger partial charge in [-0.2, -0.15) is 0 Å². The smallest absolute Gasteiger partial charge is 0.334 e. The monoisotopic (exact) mass is 487 g/mol. The Hall–Kier alpha value is 0.0169. The molecule has 0 saturated heterocycles. The summed E-state index contributed by atoms with van der Waals surface area (Å²) >= 11 is 0. The Balaban J connectivity index is 6.22. The molecule has 0 unspecified atom stereocenters. The summed E-state index contributed by atoms with van der Waals surface area (Å²) in [7, 11) is 1.57. The number of hydrogen-bond acceptors (Lipinski definition) is 5. The van der Waals surface area contributed by atoms with Crippen LogP contribution in [0.15, 0.2) is 0 Å². The third-order valence-electron chi connectivity index (χ3n) is 6.89. The van der Waals surface area contributed by atoms with Gasteiger partial charge < -0.3 is 23.6 Å². The SMILES string of the molecule is CCCN(CCC)CC(CC[Si](C)(OC)OC)(CN(CCC)CCC)CN(CCC)CCC. The largest absolute Gasteiger partial charge is 0.398 e. The molecule has 200 valence electrons. The van der Waals surface area contributed by atoms with E-state index >= 15 is 0 Å². The van der Waals surface area contributed by atoms with E-state index in [0.717, 1.165) is 6.04 Å². The topological polar surface area (TPSA) is 28.2 Å². The van der Waals surface area contributed by atoms with Crippen molar-refractivity contribution in [2.75, 3.05) is 73.1 Å². The second-order valence-electron chi connectivity index (χ2n) is 10.4. The van der Waals surface area contributed by atoms with E-state index in [1.54, 1.807) is 0 Å². The van der Waals surface area contributed by atoms with E-state index in [1.807, 2.05) is 14.2 Å². The van der Waals surface area contributed by atoms with Crippen LogP contribution in [0.1, 0.15) is 86.5 Å². The Kier molecular flexibility index (Phi) is 19.2. The highest BCUT2D eigenvalue weighted by Gasteiger charge is 2.39. The van der Waals surface area contributed by atoms with Crippen LogP contribution < -0.4 is 0 Å². The summed E-state index contributed by atoms with van der Waals surface area (Å²) in [4.78, 5) is 8.26. The van der Waals surface area contributed by atoms with Crippen molar-refractivity contribution in [1.29, 1.82) is 0 Å². The van der Waals surface area contributed by atoms with E-state index < -0.39 is 8.56 Å². The second-order valence-corrected chi connectivity index (χ2v) is 14.0. The lowest BCUT2D eigenvalue weighted by Crippen LogP contribution is -2.53. The molecule has 6 heteroatoms. The fraction of sp³-hybridized carbons (Fsp3) is 1.00. The van der Waals surface area contributed by atoms with Crippen LogP contribution in [0, 0.1) is 5.41 Å². The minimum absolute atomic E-state index is 0.227. The van der Waals surface area contributed by atoms with Crippen LogP contribution in [0.25, 0.3) is 0 Å². The molecule has 0 aromatic carbocycles. The average Bonchev–Trinajstić information content (AvgIpc) is 2.78. The van der Waals surface area contributed by atoms with Gasteiger partial charge in [0.2, 0.25) is 0 Å². The van der Waals surface area contributed by atoms with E-state index in [4.69, 9.17) is 8.85 Å². The van der Waals surface area contributed by atoms with Crippen LogP contribution in [-0.2, 0) is 8.85 Å². The van der Waals surface area contributed by atoms with Crippen LogP contribution >= 0.6 is 0 Å². The zero-order valence-electron chi connectivity index (χ0n) is 24.2. The first-order valence-electron chi connectivity index (χ1n) is 14.1. The van der Waals surface area contributed by atoms with Gasteiger partial charge in [-0.3, -0.25) is 0 Å². The highest BCUT2D eigenvalue weighted by atomic mass is 28.4. The van der Waals surface area contributed by atoms with Gasteiger partial charge in [0.25, 0.3) is 0 Å². The van der Waals surface area contributed by atoms with Gasteiger partial charge in [0.1, 0.15) is 0 Å². The van der Waals surface area contributed by atoms with Crippen molar-refractivity contribution >= 4 is 8.56 Å². The summed E-state index contributed by atoms with van der Waals surface area (Å²) in [6, 6.07) is 1.06. The van der Waals surface area contributed by atoms with E-state index in [1.165, 1.54) is 104 Å². The fourth-order valence-electron chi connectivity index (χ4n) is 5.30. The Morgan fingerprint density at radius 2 is 0.818 bits per heavy atom. The normalized spacial score (nSPS) is 13.1. The van der Waals surface area contributed by atoms with Gasteiger partial charge >= 0.3 is 8.56 Å². The quantitative estimate of drug-likeness (QED) is 0.163. The summed E-state index contributed by atoms with van der Waals surface area (Å²) in [5.41, 5.74) is 0.227. The van der Waals surface area contributed by atoms with Gasteiger partial charge in [0.15, 0.2) is 0 Å². The van der Waals surface area contributed by atoms with Gasteiger partial charge in [-0.05, 0) is 96.8 Å². The third-order valence-corrected chi connectivity index (χ3v) is 9.77. The zero-order valence-corrected chi connectivity index (χ0v) is 25.2. The number of rotatable bonds is 23. The predicted molar refractivity (Wildman–Crippen MR) is 149 cm³/mol. The molecule has 0 amide bonds. The molecule has 0 atom stereocenters. The van der Waals surface area contributed by atoms with E-state index in [9.17, 15) is 0 Å². The molecule has 0 heterocycles. The summed E-state index contributed by atoms with van der Waals surface area (Å²) in [5, 5.41) is 0. The lowest BCUT2D eigenvalue weighted by Gasteiger charge is -2.45. The molecular formula is C27H61N3O2Si. The van der Waals surface area contributed by atoms with Crippen molar-refractivity contribution in [3.63, 3.8) is 0 Å². The molecule has 0 aromatic rings. The van der Waals surface area contributed by atoms with Crippen molar-refractivity contribution in [3.8, 4) is 0 Å². The molecular weight excluding hydrogens is 426 g/mol. The first-order chi connectivity index (χ1) is 15.8. The van der Waals surface area contributed by atoms with Crippen molar-refractivity contribution in [2.24, 2.45) is 5.41 Å². The third kappa shape index (κ3) is 13.6. The minimum Gasteiger partial charge on any atom is -0.398 e. The lowest BCUT2D eigenvalue weighted by atomic mass is 9.82. The molecule has 0 aliphatic carbocycles. The van der Waals surface area contributed by atoms with Crippen molar-refractivity contribution in [3.05, 3.63) is 0 Å². The van der Waals surface area contributed by atoms with Crippen LogP contribution in [0.2, 0.25) is 12.6 Å². The second kappa shape index (κ2) is 19.2. The molecule has 0 saturated carbocycles. The Morgan fingerprint density at radius 3 is 1.03 bits per heavy atom. The average molecular weight is 488 g/mol. The van der Waals surface area contributed by atoms with E-state index in [0.29, 0.717) is 0 Å². The first kappa shape index (κ1) is 33.0. The summed E-state index contributed by atoms with van der Waals surface area (Å²) in [6.45, 7) is 26.9. The van der Waals surface area contributed by atoms with Crippen molar-refractivity contribution in [1.82, 2.24) is 14.7 Å². The van der Waals surface area contributed by atoms with Gasteiger partial charge in [0, 0.05) is 39.3 Å². The first-order valence-corrected chi connectivity index (χ1v) is 16.6. The molecule has 0 N–H and O–H groups in total. The Bertz CT molecular complexity index is 386. The number of nitrogens with zero attached hydrogens (tertiary/aromatic N) is 3. The molecule has 0 spiro atoms. The van der Waals surface area contributed by atoms with Crippen molar-refractivity contribution < 1.29 is 8.85 Å². The molecule has 5 nitrogen and oxygen atoms in total. The molecule has 0 aromatic heterocycles. The molecule has 33 heavy (non-hydrogen) atoms. The number of hydrogen-bond donors (Lipinski definition) is 0. The molecule has 0 radical (unpaired) electrons. The molecule has 0 aliphatic rings. The van der Waals surface area contributed by atoms with Gasteiger partial charge in [-0.15, -0.1) is 0 Å². The predicted octanol–water partition coefficient (Wildman–Crippen LogP) is 6.09. The Morgan fingerprint density at radius 1 is 0.545 bits per heavy atom. The summed E-state index contributed by atoms with van der Waals surface area (Å²) in [5.74, 6) is 0. The van der Waals surface area contributed by atoms with Gasteiger partial charge in [-0.1, -0.05) is 41.5 Å². The molecule has 0 bridgehead atoms. The lowest BCUT2D eigenvalue weighted by molar-refractivity contribution is 0.0467. The summed E-state index contributed by atoms with van der Waals surface area (Å²) in [6.07, 6.45) is 8.51. The van der Waals surface area contributed by atoms with Crippen LogP contribution in [0.3, 0.4) is 0 Å². The van der Waals surface area contributed by atoms with Gasteiger partial charge in [-0.25, -0.2) is 0 Å². The fourth-order valence-corrected chi connectivity index (χ4v) is 6.86. The minimum atomic E-state index is -2.13. The maximum atomic E-state index is 5.96. The maximum Gasteiger partial charge on any atom is 0.334 e. The molecule has 0 rings (SSSR count). The highest BCUT2D eigenvalue weighted by Crippen LogP contribution is 2.33. The van der Waals surface area contributed by atoms with Crippen LogP contribution in [0.5, 0.6) is 0 Å². The summed E-state index contributed by atoms with van der Waals surface area (Å²) < 4.78 is 11.9. The van der Waals surface area contributed by atoms with E-state index in [-0.39, 0.29) is 5.41 Å². The van der Waals surface area contributed by atoms with Gasteiger partial charge in [0.05, 0.1) is 0 Å². The van der Waals surface area contributed by atoms with Crippen molar-refractivity contribution in [2.45, 2.75) is 99.1 Å². The maximum absolute atomic E-state index is 5.96. The highest BCUT2D eigenvalue weighted by molar-refractivity contribution is 6.65.